The molecule has 1 aliphatic rings. The fourth-order valence-corrected chi connectivity index (χ4v) is 3.00. The zero-order valence-corrected chi connectivity index (χ0v) is 13.8. The number of alkyl halides is 3. The predicted octanol–water partition coefficient (Wildman–Crippen LogP) is 1.80. The highest BCUT2D eigenvalue weighted by Crippen LogP contribution is 2.38. The van der Waals surface area contributed by atoms with Crippen LogP contribution in [0.25, 0.3) is 0 Å². The molecule has 0 aromatic carbocycles. The van der Waals surface area contributed by atoms with Crippen LogP contribution in [-0.4, -0.2) is 67.3 Å². The van der Waals surface area contributed by atoms with Gasteiger partial charge in [-0.1, -0.05) is 6.07 Å². The van der Waals surface area contributed by atoms with Crippen LogP contribution < -0.4 is 0 Å². The number of hydrogen-bond acceptors (Lipinski definition) is 4. The Morgan fingerprint density at radius 2 is 2.21 bits per heavy atom. The van der Waals surface area contributed by atoms with E-state index in [0.29, 0.717) is 0 Å². The van der Waals surface area contributed by atoms with Crippen molar-refractivity contribution in [2.75, 3.05) is 40.4 Å². The van der Waals surface area contributed by atoms with Crippen molar-refractivity contribution in [1.82, 2.24) is 14.8 Å². The molecule has 1 saturated heterocycles. The fourth-order valence-electron chi connectivity index (χ4n) is 3.00. The standard InChI is InChI=1S/C16H22F3N3O2/c1-21-10-13(14(11-21)16(17,18)19)15(23)22(6-7-24-2)9-12-4-3-5-20-8-12/h3-5,8,13-14H,6-7,9-11H2,1-2H3/t13-,14-/m1/s1. The van der Waals surface area contributed by atoms with Gasteiger partial charge in [0.15, 0.2) is 0 Å². The largest absolute Gasteiger partial charge is 0.393 e. The molecule has 134 valence electrons. The van der Waals surface area contributed by atoms with Gasteiger partial charge < -0.3 is 14.5 Å². The van der Waals surface area contributed by atoms with Crippen LogP contribution in [0.3, 0.4) is 0 Å². The maximum absolute atomic E-state index is 13.3. The van der Waals surface area contributed by atoms with Gasteiger partial charge in [-0.3, -0.25) is 9.78 Å². The van der Waals surface area contributed by atoms with Crippen molar-refractivity contribution < 1.29 is 22.7 Å². The number of rotatable bonds is 6. The highest BCUT2D eigenvalue weighted by molar-refractivity contribution is 5.80. The van der Waals surface area contributed by atoms with E-state index in [2.05, 4.69) is 4.98 Å². The molecule has 0 unspecified atom stereocenters. The molecule has 0 saturated carbocycles. The lowest BCUT2D eigenvalue weighted by atomic mass is 9.94. The van der Waals surface area contributed by atoms with Crippen molar-refractivity contribution in [3.63, 3.8) is 0 Å². The zero-order chi connectivity index (χ0) is 17.7. The molecular formula is C16H22F3N3O2. The van der Waals surface area contributed by atoms with Gasteiger partial charge in [0, 0.05) is 45.7 Å². The van der Waals surface area contributed by atoms with Crippen LogP contribution in [0.5, 0.6) is 0 Å². The Hall–Kier alpha value is -1.67. The van der Waals surface area contributed by atoms with E-state index in [-0.39, 0.29) is 32.8 Å². The molecule has 1 fully saturated rings. The van der Waals surface area contributed by atoms with E-state index in [9.17, 15) is 18.0 Å². The molecule has 0 spiro atoms. The number of halogens is 3. The van der Waals surface area contributed by atoms with E-state index in [1.54, 1.807) is 36.5 Å². The van der Waals surface area contributed by atoms with Crippen molar-refractivity contribution in [3.05, 3.63) is 30.1 Å². The smallest absolute Gasteiger partial charge is 0.383 e. The molecule has 24 heavy (non-hydrogen) atoms. The number of carbonyl (C=O) groups excluding carboxylic acids is 1. The molecule has 1 amide bonds. The second kappa shape index (κ2) is 7.94. The number of pyridine rings is 1. The summed E-state index contributed by atoms with van der Waals surface area (Å²) in [4.78, 5) is 19.8. The monoisotopic (exact) mass is 345 g/mol. The zero-order valence-electron chi connectivity index (χ0n) is 13.8. The lowest BCUT2D eigenvalue weighted by Crippen LogP contribution is -2.43. The second-order valence-electron chi connectivity index (χ2n) is 6.09. The minimum absolute atomic E-state index is 0.111. The van der Waals surface area contributed by atoms with Gasteiger partial charge in [-0.25, -0.2) is 0 Å². The summed E-state index contributed by atoms with van der Waals surface area (Å²) in [6.07, 6.45) is -1.17. The van der Waals surface area contributed by atoms with Crippen molar-refractivity contribution in [2.24, 2.45) is 11.8 Å². The lowest BCUT2D eigenvalue weighted by molar-refractivity contribution is -0.186. The highest BCUT2D eigenvalue weighted by Gasteiger charge is 2.52. The SMILES string of the molecule is COCCN(Cc1cccnc1)C(=O)[C@@H]1CN(C)C[C@H]1C(F)(F)F. The molecule has 0 aliphatic carbocycles. The molecule has 8 heteroatoms. The number of ether oxygens (including phenoxy) is 1. The van der Waals surface area contributed by atoms with Gasteiger partial charge in [0.05, 0.1) is 18.4 Å². The molecule has 2 rings (SSSR count). The number of aromatic nitrogens is 1. The molecule has 1 aromatic heterocycles. The maximum atomic E-state index is 13.3. The molecule has 0 N–H and O–H groups in total. The normalized spacial score (nSPS) is 21.9. The Kier molecular flexibility index (Phi) is 6.17. The molecule has 2 atom stereocenters. The summed E-state index contributed by atoms with van der Waals surface area (Å²) >= 11 is 0. The number of methoxy groups -OCH3 is 1. The first-order valence-electron chi connectivity index (χ1n) is 7.74. The van der Waals surface area contributed by atoms with E-state index in [0.717, 1.165) is 5.56 Å². The van der Waals surface area contributed by atoms with Crippen molar-refractivity contribution >= 4 is 5.91 Å². The summed E-state index contributed by atoms with van der Waals surface area (Å²) in [5.74, 6) is -3.19. The average molecular weight is 345 g/mol. The van der Waals surface area contributed by atoms with Gasteiger partial charge in [-0.15, -0.1) is 0 Å². The number of hydrogen-bond donors (Lipinski definition) is 0. The first-order chi connectivity index (χ1) is 11.3. The molecule has 1 aromatic rings. The highest BCUT2D eigenvalue weighted by atomic mass is 19.4. The first-order valence-corrected chi connectivity index (χ1v) is 7.74. The summed E-state index contributed by atoms with van der Waals surface area (Å²) < 4.78 is 44.8. The summed E-state index contributed by atoms with van der Waals surface area (Å²) in [5.41, 5.74) is 0.775. The quantitative estimate of drug-likeness (QED) is 0.789. The van der Waals surface area contributed by atoms with Crippen LogP contribution in [0, 0.1) is 11.8 Å². The van der Waals surface area contributed by atoms with E-state index >= 15 is 0 Å². The Labute approximate surface area is 139 Å². The lowest BCUT2D eigenvalue weighted by Gasteiger charge is -2.28. The van der Waals surface area contributed by atoms with Gasteiger partial charge in [-0.05, 0) is 18.7 Å². The Bertz CT molecular complexity index is 539. The van der Waals surface area contributed by atoms with Gasteiger partial charge in [0.2, 0.25) is 5.91 Å². The van der Waals surface area contributed by atoms with Crippen molar-refractivity contribution in [1.29, 1.82) is 0 Å². The summed E-state index contributed by atoms with van der Waals surface area (Å²) in [5, 5.41) is 0. The van der Waals surface area contributed by atoms with Gasteiger partial charge >= 0.3 is 6.18 Å². The third-order valence-corrected chi connectivity index (χ3v) is 4.21. The summed E-state index contributed by atoms with van der Waals surface area (Å²) in [6.45, 7) is 0.700. The first kappa shape index (κ1) is 18.7. The topological polar surface area (TPSA) is 45.7 Å². The molecule has 0 bridgehead atoms. The molecule has 0 radical (unpaired) electrons. The third kappa shape index (κ3) is 4.67. The number of amides is 1. The van der Waals surface area contributed by atoms with Crippen molar-refractivity contribution in [3.8, 4) is 0 Å². The molecule has 1 aliphatic heterocycles. The van der Waals surface area contributed by atoms with E-state index in [4.69, 9.17) is 4.74 Å². The Morgan fingerprint density at radius 1 is 1.46 bits per heavy atom. The van der Waals surface area contributed by atoms with Gasteiger partial charge in [0.25, 0.3) is 0 Å². The van der Waals surface area contributed by atoms with Crippen molar-refractivity contribution in [2.45, 2.75) is 12.7 Å². The molecule has 2 heterocycles. The fraction of sp³-hybridized carbons (Fsp3) is 0.625. The van der Waals surface area contributed by atoms with Crippen LogP contribution in [-0.2, 0) is 16.1 Å². The minimum Gasteiger partial charge on any atom is -0.383 e. The second-order valence-corrected chi connectivity index (χ2v) is 6.09. The summed E-state index contributed by atoms with van der Waals surface area (Å²) in [7, 11) is 3.10. The summed E-state index contributed by atoms with van der Waals surface area (Å²) in [6, 6.07) is 3.53. The maximum Gasteiger partial charge on any atom is 0.393 e. The molecular weight excluding hydrogens is 323 g/mol. The Balaban J connectivity index is 2.16. The van der Waals surface area contributed by atoms with Crippen LogP contribution in [0.4, 0.5) is 13.2 Å². The average Bonchev–Trinajstić information content (AvgIpc) is 2.94. The molecule has 5 nitrogen and oxygen atoms in total. The van der Waals surface area contributed by atoms with Crippen LogP contribution >= 0.6 is 0 Å². The van der Waals surface area contributed by atoms with Crippen LogP contribution in [0.2, 0.25) is 0 Å². The van der Waals surface area contributed by atoms with Crippen LogP contribution in [0.15, 0.2) is 24.5 Å². The predicted molar refractivity (Wildman–Crippen MR) is 82.1 cm³/mol. The van der Waals surface area contributed by atoms with E-state index < -0.39 is 23.9 Å². The van der Waals surface area contributed by atoms with Crippen LogP contribution in [0.1, 0.15) is 5.56 Å². The number of carbonyl (C=O) groups is 1. The Morgan fingerprint density at radius 3 is 2.79 bits per heavy atom. The van der Waals surface area contributed by atoms with E-state index in [1.165, 1.54) is 12.0 Å². The van der Waals surface area contributed by atoms with Gasteiger partial charge in [-0.2, -0.15) is 13.2 Å². The number of nitrogens with zero attached hydrogens (tertiary/aromatic N) is 3. The van der Waals surface area contributed by atoms with Gasteiger partial charge in [0.1, 0.15) is 0 Å². The minimum atomic E-state index is -4.38. The third-order valence-electron chi connectivity index (χ3n) is 4.21. The van der Waals surface area contributed by atoms with E-state index in [1.807, 2.05) is 0 Å². The number of likely N-dealkylation sites (tertiary alicyclic amines) is 1.